The summed E-state index contributed by atoms with van der Waals surface area (Å²) in [5.74, 6) is 0. The molecular formula is C49H42Si. The van der Waals surface area contributed by atoms with Crippen molar-refractivity contribution < 1.29 is 0 Å². The van der Waals surface area contributed by atoms with Gasteiger partial charge in [-0.15, -0.1) is 0 Å². The van der Waals surface area contributed by atoms with Gasteiger partial charge in [0.25, 0.3) is 0 Å². The molecule has 0 saturated carbocycles. The highest BCUT2D eigenvalue weighted by atomic mass is 28.3. The van der Waals surface area contributed by atoms with Gasteiger partial charge in [0.2, 0.25) is 0 Å². The van der Waals surface area contributed by atoms with Crippen molar-refractivity contribution in [3.8, 4) is 22.3 Å². The van der Waals surface area contributed by atoms with Crippen molar-refractivity contribution in [2.24, 2.45) is 0 Å². The van der Waals surface area contributed by atoms with Gasteiger partial charge in [-0.25, -0.2) is 0 Å². The third kappa shape index (κ3) is 5.78. The molecule has 0 amide bonds. The van der Waals surface area contributed by atoms with Crippen LogP contribution in [0, 0.1) is 13.8 Å². The summed E-state index contributed by atoms with van der Waals surface area (Å²) in [4.78, 5) is 0. The maximum Gasteiger partial charge on any atom is 0.0784 e. The van der Waals surface area contributed by atoms with E-state index in [4.69, 9.17) is 0 Å². The molecule has 0 spiro atoms. The van der Waals surface area contributed by atoms with E-state index in [0.717, 1.165) is 0 Å². The van der Waals surface area contributed by atoms with Crippen LogP contribution < -0.4 is 5.19 Å². The normalized spacial score (nSPS) is 11.7. The van der Waals surface area contributed by atoms with E-state index in [1.54, 1.807) is 0 Å². The molecule has 0 fully saturated rings. The van der Waals surface area contributed by atoms with Gasteiger partial charge in [-0.3, -0.25) is 0 Å². The van der Waals surface area contributed by atoms with Crippen LogP contribution in [0.5, 0.6) is 0 Å². The maximum atomic E-state index is 2.45. The molecule has 50 heavy (non-hydrogen) atoms. The van der Waals surface area contributed by atoms with Crippen molar-refractivity contribution in [1.29, 1.82) is 0 Å². The van der Waals surface area contributed by atoms with E-state index in [1.807, 2.05) is 0 Å². The Labute approximate surface area is 297 Å². The topological polar surface area (TPSA) is 0 Å². The van der Waals surface area contributed by atoms with Gasteiger partial charge in [0.1, 0.15) is 0 Å². The monoisotopic (exact) mass is 658 g/mol. The molecule has 0 aliphatic carbocycles. The summed E-state index contributed by atoms with van der Waals surface area (Å²) in [6, 6.07) is 58.5. The smallest absolute Gasteiger partial charge is 0.0656 e. The average molecular weight is 659 g/mol. The van der Waals surface area contributed by atoms with Gasteiger partial charge < -0.3 is 0 Å². The van der Waals surface area contributed by atoms with Crippen molar-refractivity contribution in [3.05, 3.63) is 186 Å². The van der Waals surface area contributed by atoms with E-state index in [9.17, 15) is 0 Å². The van der Waals surface area contributed by atoms with Gasteiger partial charge >= 0.3 is 0 Å². The van der Waals surface area contributed by atoms with E-state index in [1.165, 1.54) is 93.1 Å². The third-order valence-corrected chi connectivity index (χ3v) is 12.2. The summed E-state index contributed by atoms with van der Waals surface area (Å²) in [5.41, 5.74) is 12.5. The molecule has 8 rings (SSSR count). The Morgan fingerprint density at radius 2 is 0.960 bits per heavy atom. The largest absolute Gasteiger partial charge is 0.0784 e. The van der Waals surface area contributed by atoms with Crippen molar-refractivity contribution >= 4 is 57.2 Å². The fourth-order valence-electron chi connectivity index (χ4n) is 7.71. The lowest BCUT2D eigenvalue weighted by Gasteiger charge is -2.23. The van der Waals surface area contributed by atoms with Crippen LogP contribution in [-0.4, -0.2) is 8.07 Å². The number of rotatable bonds is 6. The highest BCUT2D eigenvalue weighted by Crippen LogP contribution is 2.46. The fourth-order valence-corrected chi connectivity index (χ4v) is 9.32. The molecule has 0 aliphatic heterocycles. The zero-order valence-corrected chi connectivity index (χ0v) is 30.6. The molecule has 0 unspecified atom stereocenters. The summed E-state index contributed by atoms with van der Waals surface area (Å²) in [6.45, 7) is 11.8. The highest BCUT2D eigenvalue weighted by Gasteiger charge is 2.23. The first-order valence-corrected chi connectivity index (χ1v) is 21.2. The number of hydrogen-bond acceptors (Lipinski definition) is 0. The van der Waals surface area contributed by atoms with Crippen molar-refractivity contribution in [3.63, 3.8) is 0 Å². The van der Waals surface area contributed by atoms with Crippen LogP contribution in [0.3, 0.4) is 0 Å². The summed E-state index contributed by atoms with van der Waals surface area (Å²) in [6.07, 6.45) is 2.32. The first kappa shape index (κ1) is 31.7. The molecule has 0 atom stereocenters. The molecule has 8 aromatic rings. The SMILES string of the molecule is Cc1ccc2c(-c3ccc([Si](C)(C)C)c4ccccc34)c3cc(C)ccc3c(-c3ccc(C=C(c4ccccc4)c4ccccc4)cc3)c2c1. The Morgan fingerprint density at radius 3 is 1.54 bits per heavy atom. The van der Waals surface area contributed by atoms with Gasteiger partial charge in [-0.1, -0.05) is 194 Å². The molecule has 8 aromatic carbocycles. The zero-order chi connectivity index (χ0) is 34.4. The molecule has 0 aliphatic rings. The number of hydrogen-bond donors (Lipinski definition) is 0. The van der Waals surface area contributed by atoms with E-state index in [2.05, 4.69) is 197 Å². The minimum Gasteiger partial charge on any atom is -0.0656 e. The third-order valence-electron chi connectivity index (χ3n) is 10.1. The molecule has 0 heterocycles. The van der Waals surface area contributed by atoms with Crippen LogP contribution in [0.1, 0.15) is 27.8 Å². The van der Waals surface area contributed by atoms with Gasteiger partial charge in [0.15, 0.2) is 0 Å². The van der Waals surface area contributed by atoms with Gasteiger partial charge in [-0.05, 0) is 96.8 Å². The Kier molecular flexibility index (Phi) is 8.09. The number of fused-ring (bicyclic) bond motifs is 3. The fraction of sp³-hybridized carbons (Fsp3) is 0.102. The second-order valence-electron chi connectivity index (χ2n) is 14.7. The molecular weight excluding hydrogens is 617 g/mol. The summed E-state index contributed by atoms with van der Waals surface area (Å²) >= 11 is 0. The Hall–Kier alpha value is -5.50. The van der Waals surface area contributed by atoms with Crippen molar-refractivity contribution in [1.82, 2.24) is 0 Å². The molecule has 0 saturated heterocycles. The average Bonchev–Trinajstić information content (AvgIpc) is 3.13. The maximum absolute atomic E-state index is 2.45. The Balaban J connectivity index is 1.36. The standard InChI is InChI=1S/C49H42Si/c1-33-21-27-43-45(30-33)48(38-24-22-35(23-25-38)32-44(36-14-8-6-9-15-36)37-16-10-7-11-17-37)42-26-20-34(2)31-46(42)49(43)41-28-29-47(50(3,4)5)40-19-13-12-18-39(40)41/h6-32H,1-5H3. The van der Waals surface area contributed by atoms with Crippen LogP contribution in [-0.2, 0) is 0 Å². The molecule has 0 aromatic heterocycles. The van der Waals surface area contributed by atoms with Crippen molar-refractivity contribution in [2.45, 2.75) is 33.5 Å². The van der Waals surface area contributed by atoms with Crippen LogP contribution >= 0.6 is 0 Å². The summed E-state index contributed by atoms with van der Waals surface area (Å²) < 4.78 is 0. The second-order valence-corrected chi connectivity index (χ2v) is 19.8. The first-order valence-electron chi connectivity index (χ1n) is 17.7. The lowest BCUT2D eigenvalue weighted by Crippen LogP contribution is -2.38. The van der Waals surface area contributed by atoms with Crippen LogP contribution in [0.4, 0.5) is 0 Å². The highest BCUT2D eigenvalue weighted by molar-refractivity contribution is 6.90. The molecule has 1 heteroatoms. The van der Waals surface area contributed by atoms with Crippen LogP contribution in [0.25, 0.3) is 66.2 Å². The summed E-state index contributed by atoms with van der Waals surface area (Å²) in [5, 5.41) is 9.45. The summed E-state index contributed by atoms with van der Waals surface area (Å²) in [7, 11) is -1.56. The molecule has 0 N–H and O–H groups in total. The Morgan fingerprint density at radius 1 is 0.440 bits per heavy atom. The van der Waals surface area contributed by atoms with E-state index in [0.29, 0.717) is 0 Å². The number of aryl methyl sites for hydroxylation is 2. The quantitative estimate of drug-likeness (QED) is 0.0947. The lowest BCUT2D eigenvalue weighted by molar-refractivity contribution is 1.49. The number of benzene rings is 8. The van der Waals surface area contributed by atoms with Gasteiger partial charge in [0, 0.05) is 0 Å². The predicted molar refractivity (Wildman–Crippen MR) is 222 cm³/mol. The lowest BCUT2D eigenvalue weighted by atomic mass is 9.83. The molecule has 0 radical (unpaired) electrons. The molecule has 242 valence electrons. The van der Waals surface area contributed by atoms with Crippen LogP contribution in [0.15, 0.2) is 158 Å². The van der Waals surface area contributed by atoms with Gasteiger partial charge in [-0.2, -0.15) is 0 Å². The van der Waals surface area contributed by atoms with Crippen molar-refractivity contribution in [2.75, 3.05) is 0 Å². The minimum absolute atomic E-state index is 1.18. The van der Waals surface area contributed by atoms with E-state index < -0.39 is 8.07 Å². The first-order chi connectivity index (χ1) is 24.3. The minimum atomic E-state index is -1.56. The predicted octanol–water partition coefficient (Wildman–Crippen LogP) is 13.2. The van der Waals surface area contributed by atoms with E-state index >= 15 is 0 Å². The molecule has 0 bridgehead atoms. The van der Waals surface area contributed by atoms with Crippen LogP contribution in [0.2, 0.25) is 19.6 Å². The second kappa shape index (κ2) is 12.7. The molecule has 0 nitrogen and oxygen atoms in total. The van der Waals surface area contributed by atoms with Gasteiger partial charge in [0.05, 0.1) is 8.07 Å². The Bertz CT molecular complexity index is 2510. The van der Waals surface area contributed by atoms with E-state index in [-0.39, 0.29) is 0 Å². The zero-order valence-electron chi connectivity index (χ0n) is 29.6.